The van der Waals surface area contributed by atoms with Gasteiger partial charge >= 0.3 is 5.97 Å². The normalized spacial score (nSPS) is 40.3. The van der Waals surface area contributed by atoms with Gasteiger partial charge in [0.25, 0.3) is 0 Å². The quantitative estimate of drug-likeness (QED) is 0.186. The van der Waals surface area contributed by atoms with Crippen molar-refractivity contribution >= 4 is 11.9 Å². The minimum absolute atomic E-state index is 0.0102. The van der Waals surface area contributed by atoms with Gasteiger partial charge in [-0.1, -0.05) is 24.3 Å². The van der Waals surface area contributed by atoms with Crippen molar-refractivity contribution in [1.82, 2.24) is 20.4 Å². The minimum Gasteiger partial charge on any atom is -0.504 e. The lowest BCUT2D eigenvalue weighted by molar-refractivity contribution is -0.152. The second-order valence-electron chi connectivity index (χ2n) is 16.4. The van der Waals surface area contributed by atoms with Crippen molar-refractivity contribution in [2.45, 2.75) is 102 Å². The van der Waals surface area contributed by atoms with E-state index in [1.54, 1.807) is 6.07 Å². The van der Waals surface area contributed by atoms with E-state index in [-0.39, 0.29) is 42.1 Å². The Morgan fingerprint density at radius 2 is 1.86 bits per heavy atom. The van der Waals surface area contributed by atoms with E-state index in [9.17, 15) is 20.1 Å². The third-order valence-electron chi connectivity index (χ3n) is 12.4. The number of nitrogens with zero attached hydrogens (tertiary/aromatic N) is 3. The van der Waals surface area contributed by atoms with Crippen LogP contribution in [0.25, 0.3) is 0 Å². The van der Waals surface area contributed by atoms with Gasteiger partial charge < -0.3 is 46.1 Å². The van der Waals surface area contributed by atoms with Gasteiger partial charge in [-0.3, -0.25) is 9.69 Å². The van der Waals surface area contributed by atoms with Gasteiger partial charge in [0.15, 0.2) is 17.5 Å². The number of fused-ring (bicyclic) bond motifs is 9. The Morgan fingerprint density at radius 3 is 2.67 bits per heavy atom. The fourth-order valence-electron chi connectivity index (χ4n) is 9.83. The highest BCUT2D eigenvalue weighted by Gasteiger charge is 2.43. The molecular weight excluding hydrogens is 648 g/mol. The molecule has 6 heterocycles. The summed E-state index contributed by atoms with van der Waals surface area (Å²) in [4.78, 5) is 22.1. The number of nitrogens with two attached hydrogens (primary N) is 1. The Hall–Kier alpha value is -3.08. The number of aliphatic hydroxyl groups is 2. The number of nitrogens with one attached hydrogen (secondary N) is 2. The molecule has 3 saturated heterocycles. The van der Waals surface area contributed by atoms with Gasteiger partial charge in [0, 0.05) is 70.5 Å². The number of guanidine groups is 1. The summed E-state index contributed by atoms with van der Waals surface area (Å²) in [6.45, 7) is 7.47. The van der Waals surface area contributed by atoms with Gasteiger partial charge in [-0.25, -0.2) is 4.99 Å². The smallest absolute Gasteiger partial charge is 0.302 e. The highest BCUT2D eigenvalue weighted by Crippen LogP contribution is 2.39. The molecule has 7 aliphatic rings. The van der Waals surface area contributed by atoms with Gasteiger partial charge in [-0.2, -0.15) is 0 Å². The highest BCUT2D eigenvalue weighted by molar-refractivity contribution is 5.77. The van der Waals surface area contributed by atoms with Crippen LogP contribution in [0.4, 0.5) is 0 Å². The number of benzene rings is 1. The van der Waals surface area contributed by atoms with Crippen molar-refractivity contribution in [2.24, 2.45) is 39.8 Å². The fourth-order valence-corrected chi connectivity index (χ4v) is 9.83. The van der Waals surface area contributed by atoms with Crippen LogP contribution in [0, 0.1) is 40.9 Å². The third-order valence-corrected chi connectivity index (χ3v) is 12.4. The monoisotopic (exact) mass is 706 g/mol. The molecule has 0 radical (unpaired) electrons. The lowest BCUT2D eigenvalue weighted by Crippen LogP contribution is -2.56. The van der Waals surface area contributed by atoms with Crippen molar-refractivity contribution < 1.29 is 29.6 Å². The van der Waals surface area contributed by atoms with Crippen LogP contribution in [-0.2, 0) is 16.0 Å². The number of esters is 1. The predicted octanol–water partition coefficient (Wildman–Crippen LogP) is 1.81. The van der Waals surface area contributed by atoms with Crippen molar-refractivity contribution in [3.05, 3.63) is 23.8 Å². The summed E-state index contributed by atoms with van der Waals surface area (Å²) in [7, 11) is 0. The molecule has 1 aromatic carbocycles. The first kappa shape index (κ1) is 36.3. The summed E-state index contributed by atoms with van der Waals surface area (Å²) in [5.74, 6) is 8.54. The second kappa shape index (κ2) is 15.9. The summed E-state index contributed by atoms with van der Waals surface area (Å²) in [6.07, 6.45) is 5.04. The first-order valence-electron chi connectivity index (χ1n) is 19.4. The van der Waals surface area contributed by atoms with Gasteiger partial charge in [0.2, 0.25) is 0 Å². The van der Waals surface area contributed by atoms with E-state index in [0.29, 0.717) is 62.6 Å². The molecule has 0 aromatic heterocycles. The van der Waals surface area contributed by atoms with Crippen LogP contribution >= 0.6 is 0 Å². The summed E-state index contributed by atoms with van der Waals surface area (Å²) in [5, 5.41) is 41.7. The van der Waals surface area contributed by atoms with E-state index in [0.717, 1.165) is 70.4 Å². The molecule has 280 valence electrons. The Kier molecular flexibility index (Phi) is 11.3. The maximum Gasteiger partial charge on any atom is 0.302 e. The molecular formula is C39H58N6O6. The molecule has 0 amide bonds. The number of aliphatic imine (C=N–C) groups is 1. The van der Waals surface area contributed by atoms with Crippen LogP contribution in [0.5, 0.6) is 11.5 Å². The number of hydrogen-bond donors (Lipinski definition) is 6. The van der Waals surface area contributed by atoms with Gasteiger partial charge in [0.1, 0.15) is 12.2 Å². The van der Waals surface area contributed by atoms with Crippen LogP contribution in [-0.4, -0.2) is 120 Å². The van der Waals surface area contributed by atoms with Gasteiger partial charge in [-0.15, -0.1) is 0 Å². The van der Waals surface area contributed by atoms with Crippen molar-refractivity contribution in [1.29, 1.82) is 0 Å². The van der Waals surface area contributed by atoms with Crippen LogP contribution in [0.1, 0.15) is 70.3 Å². The van der Waals surface area contributed by atoms with Crippen LogP contribution < -0.4 is 21.1 Å². The number of ether oxygens (including phenoxy) is 2. The number of carbonyl (C=O) groups is 1. The number of aliphatic hydroxyl groups excluding tert-OH is 2. The summed E-state index contributed by atoms with van der Waals surface area (Å²) in [5.41, 5.74) is 6.51. The van der Waals surface area contributed by atoms with Crippen molar-refractivity contribution in [3.8, 4) is 23.3 Å². The topological polar surface area (TPSA) is 165 Å². The third kappa shape index (κ3) is 8.94. The molecule has 1 spiro atoms. The number of hydrogen-bond acceptors (Lipinski definition) is 12. The highest BCUT2D eigenvalue weighted by atomic mass is 16.5. The van der Waals surface area contributed by atoms with E-state index in [2.05, 4.69) is 32.3 Å². The molecule has 12 nitrogen and oxygen atoms in total. The molecule has 1 aromatic rings. The van der Waals surface area contributed by atoms with Crippen LogP contribution in [0.3, 0.4) is 0 Å². The van der Waals surface area contributed by atoms with Crippen molar-refractivity contribution in [3.63, 3.8) is 0 Å². The second-order valence-corrected chi connectivity index (χ2v) is 16.4. The average molecular weight is 707 g/mol. The fraction of sp³-hybridized carbons (Fsp3) is 0.744. The maximum atomic E-state index is 12.6. The molecule has 12 heteroatoms. The summed E-state index contributed by atoms with van der Waals surface area (Å²) < 4.78 is 12.4. The zero-order valence-electron chi connectivity index (χ0n) is 30.1. The molecule has 6 aliphatic heterocycles. The SMILES string of the molecule is CC(=O)OC1CC(O)CCC2(C#CC3CCCC4CC(CCN4)Oc4cc(ccc4O)CC31)CNC(N)=NCN1CC3CC(C1)CN(C3)CC2O. The van der Waals surface area contributed by atoms with Crippen LogP contribution in [0.2, 0.25) is 0 Å². The maximum absolute atomic E-state index is 12.6. The number of phenolic OH excluding ortho intramolecular Hbond substituents is 1. The Labute approximate surface area is 302 Å². The molecule has 0 saturated carbocycles. The molecule has 51 heavy (non-hydrogen) atoms. The standard InChI is InChI=1S/C39H58N6O6/c1-25(46)50-35-17-31(47)8-11-39(23-42-38(40)43-24-45-20-27-13-28(21-45)19-44(18-27)22-37(39)49)10-7-29-3-2-4-30-16-32(9-12-41-30)51-36-15-26(14-33(29)35)5-6-34(36)48/h5-6,15,27-33,35,37,41,47-49H,2-4,8-9,11-14,16-24H2,1H3,(H3,40,42,43). The summed E-state index contributed by atoms with van der Waals surface area (Å²) >= 11 is 0. The zero-order chi connectivity index (χ0) is 35.5. The van der Waals surface area contributed by atoms with E-state index >= 15 is 0 Å². The van der Waals surface area contributed by atoms with Gasteiger partial charge in [-0.05, 0) is 87.4 Å². The zero-order valence-corrected chi connectivity index (χ0v) is 30.1. The molecule has 3 fully saturated rings. The Morgan fingerprint density at radius 1 is 1.06 bits per heavy atom. The minimum atomic E-state index is -0.900. The lowest BCUT2D eigenvalue weighted by atomic mass is 9.72. The Bertz CT molecular complexity index is 1470. The number of piperidine rings is 3. The molecule has 10 unspecified atom stereocenters. The van der Waals surface area contributed by atoms with Gasteiger partial charge in [0.05, 0.1) is 24.3 Å². The number of aromatic hydroxyl groups is 1. The molecule has 1 aliphatic carbocycles. The largest absolute Gasteiger partial charge is 0.504 e. The molecule has 10 atom stereocenters. The first-order chi connectivity index (χ1) is 24.6. The van der Waals surface area contributed by atoms with E-state index < -0.39 is 23.7 Å². The Balaban J connectivity index is 1.28. The number of carbonyl (C=O) groups excluding carboxylic acids is 1. The summed E-state index contributed by atoms with van der Waals surface area (Å²) in [6, 6.07) is 5.77. The van der Waals surface area contributed by atoms with Crippen molar-refractivity contribution in [2.75, 3.05) is 52.5 Å². The van der Waals surface area contributed by atoms with E-state index in [1.165, 1.54) is 13.3 Å². The number of rotatable bonds is 1. The van der Waals surface area contributed by atoms with Crippen LogP contribution in [0.15, 0.2) is 23.2 Å². The average Bonchev–Trinajstić information content (AvgIpc) is 3.09. The predicted molar refractivity (Wildman–Crippen MR) is 194 cm³/mol. The van der Waals surface area contributed by atoms with E-state index in [4.69, 9.17) is 20.2 Å². The lowest BCUT2D eigenvalue weighted by Gasteiger charge is -2.47. The van der Waals surface area contributed by atoms with E-state index in [1.807, 2.05) is 12.1 Å². The molecule has 8 bridgehead atoms. The molecule has 8 rings (SSSR count). The molecule has 7 N–H and O–H groups in total. The number of phenols is 1. The first-order valence-corrected chi connectivity index (χ1v) is 19.4.